The zero-order valence-corrected chi connectivity index (χ0v) is 20.1. The third kappa shape index (κ3) is 4.13. The van der Waals surface area contributed by atoms with Gasteiger partial charge in [-0.2, -0.15) is 0 Å². The molecule has 2 bridgehead atoms. The topological polar surface area (TPSA) is 73.8 Å². The lowest BCUT2D eigenvalue weighted by Gasteiger charge is -2.27. The highest BCUT2D eigenvalue weighted by Crippen LogP contribution is 2.52. The Labute approximate surface area is 195 Å². The Balaban J connectivity index is 0.00000256. The van der Waals surface area contributed by atoms with Crippen molar-refractivity contribution in [1.29, 1.82) is 0 Å². The number of imide groups is 1. The fourth-order valence-corrected chi connectivity index (χ4v) is 4.99. The summed E-state index contributed by atoms with van der Waals surface area (Å²) in [5, 5.41) is 6.60. The van der Waals surface area contributed by atoms with Gasteiger partial charge >= 0.3 is 0 Å². The fraction of sp³-hybridized carbons (Fsp3) is 0.522. The predicted molar refractivity (Wildman–Crippen MR) is 129 cm³/mol. The van der Waals surface area contributed by atoms with Gasteiger partial charge < -0.3 is 10.6 Å². The lowest BCUT2D eigenvalue weighted by Crippen LogP contribution is -2.46. The third-order valence-corrected chi connectivity index (χ3v) is 6.67. The first-order valence-electron chi connectivity index (χ1n) is 10.5. The summed E-state index contributed by atoms with van der Waals surface area (Å²) >= 11 is 0. The molecule has 1 saturated carbocycles. The number of rotatable bonds is 6. The van der Waals surface area contributed by atoms with Gasteiger partial charge in [-0.15, -0.1) is 24.0 Å². The Morgan fingerprint density at radius 1 is 1.07 bits per heavy atom. The number of hydrogen-bond acceptors (Lipinski definition) is 3. The van der Waals surface area contributed by atoms with E-state index in [-0.39, 0.29) is 64.9 Å². The van der Waals surface area contributed by atoms with E-state index >= 15 is 0 Å². The molecule has 1 saturated heterocycles. The molecule has 1 heterocycles. The summed E-state index contributed by atoms with van der Waals surface area (Å²) in [6, 6.07) is 10.4. The first kappa shape index (κ1) is 22.8. The molecule has 2 N–H and O–H groups in total. The van der Waals surface area contributed by atoms with Gasteiger partial charge in [0.05, 0.1) is 11.8 Å². The van der Waals surface area contributed by atoms with Crippen LogP contribution in [0.4, 0.5) is 0 Å². The van der Waals surface area contributed by atoms with Crippen molar-refractivity contribution in [1.82, 2.24) is 15.5 Å². The lowest BCUT2D eigenvalue weighted by atomic mass is 9.85. The molecule has 0 aromatic heterocycles. The summed E-state index contributed by atoms with van der Waals surface area (Å²) < 4.78 is 0. The number of hydrogen-bond donors (Lipinski definition) is 2. The second-order valence-corrected chi connectivity index (χ2v) is 8.93. The number of carbonyl (C=O) groups excluding carboxylic acids is 2. The summed E-state index contributed by atoms with van der Waals surface area (Å²) in [7, 11) is 1.73. The number of amides is 2. The Hall–Kier alpha value is -1.90. The van der Waals surface area contributed by atoms with Crippen LogP contribution >= 0.6 is 24.0 Å². The summed E-state index contributed by atoms with van der Waals surface area (Å²) in [5.41, 5.74) is 1.20. The van der Waals surface area contributed by atoms with Crippen molar-refractivity contribution in [3.63, 3.8) is 0 Å². The maximum atomic E-state index is 12.7. The van der Waals surface area contributed by atoms with Crippen LogP contribution in [0.15, 0.2) is 47.5 Å². The number of likely N-dealkylation sites (tertiary alicyclic amines) is 1. The number of nitrogens with zero attached hydrogens (tertiary/aromatic N) is 2. The van der Waals surface area contributed by atoms with Gasteiger partial charge in [-0.05, 0) is 23.8 Å². The van der Waals surface area contributed by atoms with Crippen molar-refractivity contribution >= 4 is 41.8 Å². The minimum atomic E-state index is -0.124. The molecular weight excluding hydrogens is 491 g/mol. The van der Waals surface area contributed by atoms with Crippen LogP contribution in [0.3, 0.4) is 0 Å². The van der Waals surface area contributed by atoms with E-state index in [1.165, 1.54) is 10.5 Å². The summed E-state index contributed by atoms with van der Waals surface area (Å²) in [4.78, 5) is 31.2. The standard InChI is InChI=1S/C23H30N4O2.HI/c1-23(2,17-7-5-4-6-8-17)14-26-22(24-3)25-11-12-27-20(28)18-15-9-10-16(13-15)19(18)21(27)29;/h4-10,15-16,18-19H,11-14H2,1-3H3,(H2,24,25,26);1H. The molecule has 2 amide bonds. The van der Waals surface area contributed by atoms with Crippen molar-refractivity contribution in [2.75, 3.05) is 26.7 Å². The van der Waals surface area contributed by atoms with Crippen LogP contribution in [0, 0.1) is 23.7 Å². The van der Waals surface area contributed by atoms with E-state index < -0.39 is 0 Å². The molecule has 2 aliphatic carbocycles. The maximum absolute atomic E-state index is 12.7. The highest BCUT2D eigenvalue weighted by Gasteiger charge is 2.58. The molecule has 0 radical (unpaired) electrons. The molecule has 30 heavy (non-hydrogen) atoms. The zero-order valence-electron chi connectivity index (χ0n) is 17.8. The fourth-order valence-electron chi connectivity index (χ4n) is 4.99. The molecule has 1 aromatic rings. The largest absolute Gasteiger partial charge is 0.356 e. The van der Waals surface area contributed by atoms with Crippen LogP contribution < -0.4 is 10.6 Å². The van der Waals surface area contributed by atoms with E-state index in [0.29, 0.717) is 19.0 Å². The Kier molecular flexibility index (Phi) is 6.89. The molecule has 7 heteroatoms. The molecular formula is C23H31IN4O2. The molecule has 4 rings (SSSR count). The number of carbonyl (C=O) groups is 2. The third-order valence-electron chi connectivity index (χ3n) is 6.67. The molecule has 0 spiro atoms. The molecule has 1 aromatic carbocycles. The smallest absolute Gasteiger partial charge is 0.233 e. The number of benzene rings is 1. The van der Waals surface area contributed by atoms with Crippen molar-refractivity contribution in [3.8, 4) is 0 Å². The van der Waals surface area contributed by atoms with Crippen molar-refractivity contribution in [2.24, 2.45) is 28.7 Å². The second kappa shape index (κ2) is 9.08. The SMILES string of the molecule is CN=C(NCCN1C(=O)C2C3C=CC(C3)C2C1=O)NCC(C)(C)c1ccccc1.I. The first-order chi connectivity index (χ1) is 13.9. The first-order valence-corrected chi connectivity index (χ1v) is 10.5. The maximum Gasteiger partial charge on any atom is 0.233 e. The quantitative estimate of drug-likeness (QED) is 0.198. The highest BCUT2D eigenvalue weighted by atomic mass is 127. The Morgan fingerprint density at radius 3 is 2.23 bits per heavy atom. The second-order valence-electron chi connectivity index (χ2n) is 8.93. The average Bonchev–Trinajstić information content (AvgIpc) is 3.40. The van der Waals surface area contributed by atoms with Crippen LogP contribution in [0.25, 0.3) is 0 Å². The van der Waals surface area contributed by atoms with Crippen molar-refractivity contribution < 1.29 is 9.59 Å². The van der Waals surface area contributed by atoms with Gasteiger partial charge in [0.2, 0.25) is 11.8 Å². The van der Waals surface area contributed by atoms with E-state index in [9.17, 15) is 9.59 Å². The van der Waals surface area contributed by atoms with Crippen LogP contribution in [0.5, 0.6) is 0 Å². The van der Waals surface area contributed by atoms with E-state index in [4.69, 9.17) is 0 Å². The Bertz CT molecular complexity index is 822. The van der Waals surface area contributed by atoms with E-state index in [2.05, 4.69) is 53.8 Å². The van der Waals surface area contributed by atoms with Crippen LogP contribution in [0.1, 0.15) is 25.8 Å². The van der Waals surface area contributed by atoms with Gasteiger partial charge in [-0.3, -0.25) is 19.5 Å². The highest BCUT2D eigenvalue weighted by molar-refractivity contribution is 14.0. The zero-order chi connectivity index (χ0) is 20.6. The van der Waals surface area contributed by atoms with Gasteiger partial charge in [0.15, 0.2) is 5.96 Å². The van der Waals surface area contributed by atoms with Gasteiger partial charge in [0.1, 0.15) is 0 Å². The van der Waals surface area contributed by atoms with Crippen molar-refractivity contribution in [2.45, 2.75) is 25.7 Å². The number of allylic oxidation sites excluding steroid dienone is 2. The minimum Gasteiger partial charge on any atom is -0.356 e. The molecule has 4 atom stereocenters. The predicted octanol–water partition coefficient (Wildman–Crippen LogP) is 2.55. The minimum absolute atomic E-state index is 0. The normalized spacial score (nSPS) is 27.3. The van der Waals surface area contributed by atoms with Gasteiger partial charge in [-0.1, -0.05) is 56.3 Å². The van der Waals surface area contributed by atoms with E-state index in [0.717, 1.165) is 13.0 Å². The van der Waals surface area contributed by atoms with Gasteiger partial charge in [-0.25, -0.2) is 0 Å². The number of halogens is 1. The van der Waals surface area contributed by atoms with E-state index in [1.54, 1.807) is 7.05 Å². The molecule has 2 fully saturated rings. The summed E-state index contributed by atoms with van der Waals surface area (Å²) in [6.07, 6.45) is 5.21. The lowest BCUT2D eigenvalue weighted by molar-refractivity contribution is -0.140. The number of guanidine groups is 1. The average molecular weight is 522 g/mol. The molecule has 1 aliphatic heterocycles. The van der Waals surface area contributed by atoms with Crippen LogP contribution in [-0.2, 0) is 15.0 Å². The molecule has 4 unspecified atom stereocenters. The number of nitrogens with one attached hydrogen (secondary N) is 2. The summed E-state index contributed by atoms with van der Waals surface area (Å²) in [5.74, 6) is 0.958. The van der Waals surface area contributed by atoms with E-state index in [1.807, 2.05) is 18.2 Å². The monoisotopic (exact) mass is 522 g/mol. The van der Waals surface area contributed by atoms with Crippen molar-refractivity contribution in [3.05, 3.63) is 48.0 Å². The molecule has 3 aliphatic rings. The van der Waals surface area contributed by atoms with Gasteiger partial charge in [0, 0.05) is 32.1 Å². The van der Waals surface area contributed by atoms with Crippen LogP contribution in [0.2, 0.25) is 0 Å². The molecule has 6 nitrogen and oxygen atoms in total. The Morgan fingerprint density at radius 2 is 1.67 bits per heavy atom. The summed E-state index contributed by atoms with van der Waals surface area (Å²) in [6.45, 7) is 5.96. The van der Waals surface area contributed by atoms with Crippen LogP contribution in [-0.4, -0.2) is 49.4 Å². The number of aliphatic imine (C=N–C) groups is 1. The number of fused-ring (bicyclic) bond motifs is 5. The van der Waals surface area contributed by atoms with Gasteiger partial charge in [0.25, 0.3) is 0 Å². The molecule has 162 valence electrons.